The minimum absolute atomic E-state index is 0.0801. The molecule has 0 amide bonds. The van der Waals surface area contributed by atoms with E-state index >= 15 is 0 Å². The molecule has 1 aromatic heterocycles. The lowest BCUT2D eigenvalue weighted by molar-refractivity contribution is 0.0655. The number of methoxy groups -OCH3 is 1. The molecule has 0 aliphatic carbocycles. The average Bonchev–Trinajstić information content (AvgIpc) is 3.01. The highest BCUT2D eigenvalue weighted by atomic mass is 32.2. The molecular formula is C13H19NO6S. The Morgan fingerprint density at radius 1 is 1.52 bits per heavy atom. The SMILES string of the molecule is COCCN(Cc1ccc(C(=O)O)o1)C1CCS(=O)(=O)C1. The first-order valence-corrected chi connectivity index (χ1v) is 8.49. The van der Waals surface area contributed by atoms with Gasteiger partial charge in [0, 0.05) is 19.7 Å². The minimum atomic E-state index is -2.97. The highest BCUT2D eigenvalue weighted by molar-refractivity contribution is 7.91. The number of aromatic carboxylic acids is 1. The van der Waals surface area contributed by atoms with Crippen molar-refractivity contribution in [1.82, 2.24) is 4.90 Å². The summed E-state index contributed by atoms with van der Waals surface area (Å²) in [4.78, 5) is 12.8. The van der Waals surface area contributed by atoms with Crippen LogP contribution in [0.4, 0.5) is 0 Å². The van der Waals surface area contributed by atoms with Gasteiger partial charge in [0.2, 0.25) is 5.76 Å². The van der Waals surface area contributed by atoms with E-state index in [4.69, 9.17) is 14.3 Å². The van der Waals surface area contributed by atoms with Crippen LogP contribution in [0, 0.1) is 0 Å². The third-order valence-electron chi connectivity index (χ3n) is 3.54. The standard InChI is InChI=1S/C13H19NO6S/c1-19-6-5-14(10-4-7-21(17,18)9-10)8-11-2-3-12(20-11)13(15)16/h2-3,10H,4-9H2,1H3,(H,15,16). The Morgan fingerprint density at radius 2 is 2.29 bits per heavy atom. The second kappa shape index (κ2) is 6.59. The Balaban J connectivity index is 2.06. The van der Waals surface area contributed by atoms with Crippen LogP contribution in [0.2, 0.25) is 0 Å². The van der Waals surface area contributed by atoms with Crippen LogP contribution in [0.3, 0.4) is 0 Å². The van der Waals surface area contributed by atoms with E-state index in [9.17, 15) is 13.2 Å². The molecule has 21 heavy (non-hydrogen) atoms. The van der Waals surface area contributed by atoms with E-state index in [2.05, 4.69) is 0 Å². The predicted molar refractivity (Wildman–Crippen MR) is 75.0 cm³/mol. The van der Waals surface area contributed by atoms with Crippen molar-refractivity contribution >= 4 is 15.8 Å². The molecule has 1 fully saturated rings. The molecule has 1 aliphatic heterocycles. The number of carboxylic acids is 1. The topological polar surface area (TPSA) is 97.0 Å². The molecule has 1 atom stereocenters. The van der Waals surface area contributed by atoms with Gasteiger partial charge in [-0.15, -0.1) is 0 Å². The van der Waals surface area contributed by atoms with Crippen molar-refractivity contribution in [3.05, 3.63) is 23.7 Å². The van der Waals surface area contributed by atoms with Gasteiger partial charge >= 0.3 is 5.97 Å². The van der Waals surface area contributed by atoms with Crippen LogP contribution in [-0.4, -0.2) is 62.2 Å². The van der Waals surface area contributed by atoms with Crippen LogP contribution in [0.1, 0.15) is 22.7 Å². The Morgan fingerprint density at radius 3 is 2.81 bits per heavy atom. The van der Waals surface area contributed by atoms with E-state index in [1.54, 1.807) is 13.2 Å². The molecule has 8 heteroatoms. The molecule has 1 unspecified atom stereocenters. The maximum absolute atomic E-state index is 11.6. The second-order valence-electron chi connectivity index (χ2n) is 5.09. The quantitative estimate of drug-likeness (QED) is 0.787. The Kier molecular flexibility index (Phi) is 5.02. The first kappa shape index (κ1) is 16.0. The molecule has 0 aromatic carbocycles. The van der Waals surface area contributed by atoms with Crippen molar-refractivity contribution in [1.29, 1.82) is 0 Å². The van der Waals surface area contributed by atoms with Crippen LogP contribution in [0.15, 0.2) is 16.5 Å². The summed E-state index contributed by atoms with van der Waals surface area (Å²) in [7, 11) is -1.39. The molecule has 118 valence electrons. The first-order valence-electron chi connectivity index (χ1n) is 6.66. The summed E-state index contributed by atoms with van der Waals surface area (Å²) in [5, 5.41) is 8.85. The zero-order valence-electron chi connectivity index (χ0n) is 11.8. The number of sulfone groups is 1. The molecule has 7 nitrogen and oxygen atoms in total. The van der Waals surface area contributed by atoms with Crippen molar-refractivity contribution in [2.75, 3.05) is 31.8 Å². The number of hydrogen-bond acceptors (Lipinski definition) is 6. The third-order valence-corrected chi connectivity index (χ3v) is 5.29. The molecule has 0 saturated carbocycles. The molecular weight excluding hydrogens is 298 g/mol. The highest BCUT2D eigenvalue weighted by Crippen LogP contribution is 2.20. The maximum atomic E-state index is 11.6. The zero-order valence-corrected chi connectivity index (χ0v) is 12.6. The monoisotopic (exact) mass is 317 g/mol. The van der Waals surface area contributed by atoms with E-state index in [0.29, 0.717) is 31.9 Å². The molecule has 2 heterocycles. The van der Waals surface area contributed by atoms with Crippen LogP contribution in [0.5, 0.6) is 0 Å². The van der Waals surface area contributed by atoms with Crippen molar-refractivity contribution < 1.29 is 27.5 Å². The number of carboxylic acid groups (broad SMARTS) is 1. The van der Waals surface area contributed by atoms with Gasteiger partial charge in [-0.2, -0.15) is 0 Å². The third kappa shape index (κ3) is 4.29. The lowest BCUT2D eigenvalue weighted by atomic mass is 10.2. The molecule has 0 radical (unpaired) electrons. The van der Waals surface area contributed by atoms with Gasteiger partial charge in [-0.05, 0) is 18.6 Å². The van der Waals surface area contributed by atoms with E-state index < -0.39 is 15.8 Å². The zero-order chi connectivity index (χ0) is 15.5. The Bertz CT molecular complexity index is 594. The molecule has 1 aliphatic rings. The molecule has 0 spiro atoms. The largest absolute Gasteiger partial charge is 0.475 e. The van der Waals surface area contributed by atoms with Gasteiger partial charge in [-0.1, -0.05) is 0 Å². The van der Waals surface area contributed by atoms with Gasteiger partial charge < -0.3 is 14.3 Å². The highest BCUT2D eigenvalue weighted by Gasteiger charge is 2.32. The second-order valence-corrected chi connectivity index (χ2v) is 7.32. The van der Waals surface area contributed by atoms with Gasteiger partial charge in [0.05, 0.1) is 24.7 Å². The van der Waals surface area contributed by atoms with E-state index in [0.717, 1.165) is 0 Å². The lowest BCUT2D eigenvalue weighted by Gasteiger charge is -2.26. The van der Waals surface area contributed by atoms with Crippen molar-refractivity contribution in [2.24, 2.45) is 0 Å². The fraction of sp³-hybridized carbons (Fsp3) is 0.615. The summed E-state index contributed by atoms with van der Waals surface area (Å²) in [6.07, 6.45) is 0.582. The van der Waals surface area contributed by atoms with E-state index in [-0.39, 0.29) is 23.3 Å². The van der Waals surface area contributed by atoms with E-state index in [1.807, 2.05) is 4.90 Å². The fourth-order valence-corrected chi connectivity index (χ4v) is 4.20. The van der Waals surface area contributed by atoms with Crippen LogP contribution in [-0.2, 0) is 21.1 Å². The molecule has 1 saturated heterocycles. The molecule has 2 rings (SSSR count). The Labute approximate surface area is 123 Å². The first-order chi connectivity index (χ1) is 9.91. The van der Waals surface area contributed by atoms with Gasteiger partial charge in [0.15, 0.2) is 9.84 Å². The number of nitrogens with zero attached hydrogens (tertiary/aromatic N) is 1. The van der Waals surface area contributed by atoms with Gasteiger partial charge in [-0.3, -0.25) is 4.90 Å². The normalized spacial score (nSPS) is 21.0. The summed E-state index contributed by atoms with van der Waals surface area (Å²) >= 11 is 0. The Hall–Kier alpha value is -1.38. The number of rotatable bonds is 7. The fourth-order valence-electron chi connectivity index (χ4n) is 2.44. The summed E-state index contributed by atoms with van der Waals surface area (Å²) in [5.41, 5.74) is 0. The number of hydrogen-bond donors (Lipinski definition) is 1. The van der Waals surface area contributed by atoms with Gasteiger partial charge in [0.1, 0.15) is 5.76 Å². The van der Waals surface area contributed by atoms with Gasteiger partial charge in [0.25, 0.3) is 0 Å². The van der Waals surface area contributed by atoms with Crippen LogP contribution >= 0.6 is 0 Å². The molecule has 0 bridgehead atoms. The van der Waals surface area contributed by atoms with Gasteiger partial charge in [-0.25, -0.2) is 13.2 Å². The van der Waals surface area contributed by atoms with Crippen LogP contribution < -0.4 is 0 Å². The summed E-state index contributed by atoms with van der Waals surface area (Å²) in [5.74, 6) is -0.403. The molecule has 1 aromatic rings. The summed E-state index contributed by atoms with van der Waals surface area (Å²) in [6.45, 7) is 1.42. The van der Waals surface area contributed by atoms with Crippen LogP contribution in [0.25, 0.3) is 0 Å². The maximum Gasteiger partial charge on any atom is 0.371 e. The minimum Gasteiger partial charge on any atom is -0.475 e. The predicted octanol–water partition coefficient (Wildman–Crippen LogP) is 0.613. The molecule has 1 N–H and O–H groups in total. The number of ether oxygens (including phenoxy) is 1. The lowest BCUT2D eigenvalue weighted by Crippen LogP contribution is -2.37. The number of furan rings is 1. The van der Waals surface area contributed by atoms with Crippen molar-refractivity contribution in [3.8, 4) is 0 Å². The van der Waals surface area contributed by atoms with E-state index in [1.165, 1.54) is 6.07 Å². The van der Waals surface area contributed by atoms with Crippen molar-refractivity contribution in [3.63, 3.8) is 0 Å². The number of carbonyl (C=O) groups is 1. The summed E-state index contributed by atoms with van der Waals surface area (Å²) in [6, 6.07) is 2.92. The summed E-state index contributed by atoms with van der Waals surface area (Å²) < 4.78 is 33.5. The average molecular weight is 317 g/mol. The van der Waals surface area contributed by atoms with Crippen molar-refractivity contribution in [2.45, 2.75) is 19.0 Å². The smallest absolute Gasteiger partial charge is 0.371 e.